The normalized spacial score (nSPS) is 29.2. The molecule has 98 valence electrons. The van der Waals surface area contributed by atoms with Crippen LogP contribution >= 0.6 is 12.4 Å². The molecule has 1 N–H and O–H groups in total. The molecule has 0 aromatic carbocycles. The van der Waals surface area contributed by atoms with Gasteiger partial charge >= 0.3 is 7.12 Å². The molecule has 5 heteroatoms. The van der Waals surface area contributed by atoms with Gasteiger partial charge in [0.2, 0.25) is 0 Å². The van der Waals surface area contributed by atoms with Gasteiger partial charge in [-0.25, -0.2) is 0 Å². The van der Waals surface area contributed by atoms with E-state index in [0.717, 1.165) is 19.5 Å². The highest BCUT2D eigenvalue weighted by atomic mass is 35.5. The van der Waals surface area contributed by atoms with E-state index in [0.29, 0.717) is 0 Å². The zero-order valence-corrected chi connectivity index (χ0v) is 12.0. The fourth-order valence-corrected chi connectivity index (χ4v) is 2.07. The van der Waals surface area contributed by atoms with E-state index in [9.17, 15) is 0 Å². The second-order valence-corrected chi connectivity index (χ2v) is 5.73. The molecule has 17 heavy (non-hydrogen) atoms. The Morgan fingerprint density at radius 1 is 1.18 bits per heavy atom. The average Bonchev–Trinajstić information content (AvgIpc) is 2.36. The van der Waals surface area contributed by atoms with Gasteiger partial charge in [0.25, 0.3) is 0 Å². The molecule has 0 amide bonds. The standard InChI is InChI=1S/C12H22BNO2.ClH/c1-11(2)12(3,4)16-13(15-11)8-10-6-5-7-14-9-10;/h8,14H,5-7,9H2,1-4H3;1H/b10-8+;. The third kappa shape index (κ3) is 3.25. The van der Waals surface area contributed by atoms with E-state index in [1.54, 1.807) is 0 Å². The Morgan fingerprint density at radius 3 is 2.24 bits per heavy atom. The topological polar surface area (TPSA) is 30.5 Å². The van der Waals surface area contributed by atoms with Gasteiger partial charge in [-0.15, -0.1) is 12.4 Å². The third-order valence-electron chi connectivity index (χ3n) is 3.85. The van der Waals surface area contributed by atoms with Crippen LogP contribution in [0.3, 0.4) is 0 Å². The van der Waals surface area contributed by atoms with Gasteiger partial charge in [-0.1, -0.05) is 11.5 Å². The van der Waals surface area contributed by atoms with Crippen molar-refractivity contribution in [1.82, 2.24) is 5.32 Å². The van der Waals surface area contributed by atoms with Crippen LogP contribution in [0.25, 0.3) is 0 Å². The van der Waals surface area contributed by atoms with Crippen LogP contribution in [0, 0.1) is 0 Å². The summed E-state index contributed by atoms with van der Waals surface area (Å²) < 4.78 is 11.9. The summed E-state index contributed by atoms with van der Waals surface area (Å²) in [6, 6.07) is 0. The summed E-state index contributed by atoms with van der Waals surface area (Å²) in [7, 11) is -0.181. The Kier molecular flexibility index (Phi) is 4.70. The number of nitrogens with one attached hydrogen (secondary N) is 1. The predicted molar refractivity (Wildman–Crippen MR) is 73.5 cm³/mol. The van der Waals surface area contributed by atoms with Gasteiger partial charge < -0.3 is 14.6 Å². The molecule has 0 spiro atoms. The van der Waals surface area contributed by atoms with E-state index in [2.05, 4.69) is 39.0 Å². The Bertz CT molecular complexity index is 281. The van der Waals surface area contributed by atoms with Crippen molar-refractivity contribution in [2.75, 3.05) is 13.1 Å². The summed E-state index contributed by atoms with van der Waals surface area (Å²) >= 11 is 0. The smallest absolute Gasteiger partial charge is 0.400 e. The largest absolute Gasteiger partial charge is 0.487 e. The van der Waals surface area contributed by atoms with E-state index in [1.165, 1.54) is 12.0 Å². The van der Waals surface area contributed by atoms with Crippen LogP contribution in [0.15, 0.2) is 11.5 Å². The third-order valence-corrected chi connectivity index (χ3v) is 3.85. The molecular formula is C12H23BClNO2. The molecule has 0 aromatic heterocycles. The van der Waals surface area contributed by atoms with Crippen molar-refractivity contribution in [3.63, 3.8) is 0 Å². The summed E-state index contributed by atoms with van der Waals surface area (Å²) in [6.07, 6.45) is 2.38. The van der Waals surface area contributed by atoms with Crippen LogP contribution in [0.2, 0.25) is 0 Å². The highest BCUT2D eigenvalue weighted by Gasteiger charge is 2.50. The van der Waals surface area contributed by atoms with Crippen LogP contribution in [0.5, 0.6) is 0 Å². The van der Waals surface area contributed by atoms with Crippen LogP contribution < -0.4 is 5.32 Å². The Labute approximate surface area is 111 Å². The highest BCUT2D eigenvalue weighted by molar-refractivity contribution is 6.51. The molecule has 2 saturated heterocycles. The Morgan fingerprint density at radius 2 is 1.76 bits per heavy atom. The maximum absolute atomic E-state index is 5.94. The minimum atomic E-state index is -0.225. The highest BCUT2D eigenvalue weighted by Crippen LogP contribution is 2.37. The molecule has 3 nitrogen and oxygen atoms in total. The molecule has 2 rings (SSSR count). The maximum Gasteiger partial charge on any atom is 0.487 e. The van der Waals surface area contributed by atoms with E-state index in [-0.39, 0.29) is 30.7 Å². The van der Waals surface area contributed by atoms with Gasteiger partial charge in [0, 0.05) is 6.54 Å². The number of hydrogen-bond acceptors (Lipinski definition) is 3. The summed E-state index contributed by atoms with van der Waals surface area (Å²) in [4.78, 5) is 0. The van der Waals surface area contributed by atoms with Crippen LogP contribution in [0.4, 0.5) is 0 Å². The molecule has 2 aliphatic rings. The number of rotatable bonds is 1. The van der Waals surface area contributed by atoms with Gasteiger partial charge in [0.15, 0.2) is 0 Å². The lowest BCUT2D eigenvalue weighted by atomic mass is 9.85. The molecule has 0 aliphatic carbocycles. The van der Waals surface area contributed by atoms with Crippen molar-refractivity contribution in [1.29, 1.82) is 0 Å². The summed E-state index contributed by atoms with van der Waals surface area (Å²) in [5.74, 6) is 2.14. The monoisotopic (exact) mass is 259 g/mol. The maximum atomic E-state index is 5.94. The van der Waals surface area contributed by atoms with Crippen molar-refractivity contribution in [3.8, 4) is 0 Å². The van der Waals surface area contributed by atoms with Gasteiger partial charge in [0.05, 0.1) is 11.2 Å². The van der Waals surface area contributed by atoms with Gasteiger partial charge in [-0.2, -0.15) is 0 Å². The van der Waals surface area contributed by atoms with E-state index < -0.39 is 0 Å². The minimum absolute atomic E-state index is 0. The zero-order chi connectivity index (χ0) is 11.8. The Hall–Kier alpha value is -0.0251. The van der Waals surface area contributed by atoms with Crippen molar-refractivity contribution < 1.29 is 9.31 Å². The fourth-order valence-electron chi connectivity index (χ4n) is 2.07. The predicted octanol–water partition coefficient (Wildman–Crippen LogP) is 2.35. The molecule has 2 heterocycles. The second-order valence-electron chi connectivity index (χ2n) is 5.73. The SMILES string of the molecule is CC1(C)OB(/C=C2\CCCNC2)OC1(C)C.Cl. The lowest BCUT2D eigenvalue weighted by molar-refractivity contribution is 0.00578. The molecule has 2 aliphatic heterocycles. The molecule has 0 aromatic rings. The summed E-state index contributed by atoms with van der Waals surface area (Å²) in [6.45, 7) is 10.5. The first-order valence-electron chi connectivity index (χ1n) is 6.17. The second kappa shape index (κ2) is 5.31. The van der Waals surface area contributed by atoms with E-state index in [1.807, 2.05) is 0 Å². The Balaban J connectivity index is 0.00000144. The summed E-state index contributed by atoms with van der Waals surface area (Å²) in [5.41, 5.74) is 0.956. The van der Waals surface area contributed by atoms with Crippen LogP contribution in [-0.4, -0.2) is 31.4 Å². The number of piperidine rings is 1. The molecule has 0 atom stereocenters. The van der Waals surface area contributed by atoms with Crippen LogP contribution in [-0.2, 0) is 9.31 Å². The van der Waals surface area contributed by atoms with Gasteiger partial charge in [-0.05, 0) is 47.1 Å². The lowest BCUT2D eigenvalue weighted by Gasteiger charge is -2.32. The first-order valence-corrected chi connectivity index (χ1v) is 6.17. The quantitative estimate of drug-likeness (QED) is 0.733. The fraction of sp³-hybridized carbons (Fsp3) is 0.833. The van der Waals surface area contributed by atoms with Crippen LogP contribution in [0.1, 0.15) is 40.5 Å². The van der Waals surface area contributed by atoms with Gasteiger partial charge in [0.1, 0.15) is 0 Å². The molecule has 0 radical (unpaired) electrons. The lowest BCUT2D eigenvalue weighted by Crippen LogP contribution is -2.41. The molecule has 0 bridgehead atoms. The zero-order valence-electron chi connectivity index (χ0n) is 11.2. The molecular weight excluding hydrogens is 236 g/mol. The van der Waals surface area contributed by atoms with Gasteiger partial charge in [-0.3, -0.25) is 0 Å². The van der Waals surface area contributed by atoms with Crippen molar-refractivity contribution >= 4 is 19.5 Å². The van der Waals surface area contributed by atoms with E-state index in [4.69, 9.17) is 9.31 Å². The average molecular weight is 260 g/mol. The number of hydrogen-bond donors (Lipinski definition) is 1. The first-order chi connectivity index (χ1) is 7.41. The van der Waals surface area contributed by atoms with Crippen molar-refractivity contribution in [3.05, 3.63) is 11.5 Å². The molecule has 0 unspecified atom stereocenters. The number of halogens is 1. The first kappa shape index (κ1) is 15.0. The molecule has 2 fully saturated rings. The van der Waals surface area contributed by atoms with E-state index >= 15 is 0 Å². The summed E-state index contributed by atoms with van der Waals surface area (Å²) in [5, 5.41) is 3.37. The van der Waals surface area contributed by atoms with Crippen molar-refractivity contribution in [2.45, 2.75) is 51.7 Å². The van der Waals surface area contributed by atoms with Crippen molar-refractivity contribution in [2.24, 2.45) is 0 Å². The minimum Gasteiger partial charge on any atom is -0.400 e. The molecule has 0 saturated carbocycles.